The van der Waals surface area contributed by atoms with Crippen molar-refractivity contribution in [1.82, 2.24) is 15.1 Å². The second-order valence-electron chi connectivity index (χ2n) is 6.84. The van der Waals surface area contributed by atoms with Crippen molar-refractivity contribution in [3.8, 4) is 0 Å². The summed E-state index contributed by atoms with van der Waals surface area (Å²) in [6.07, 6.45) is -0.540. The van der Waals surface area contributed by atoms with Crippen molar-refractivity contribution in [2.45, 2.75) is 30.6 Å². The van der Waals surface area contributed by atoms with Crippen molar-refractivity contribution >= 4 is 40.5 Å². The Hall–Kier alpha value is -2.51. The maximum atomic E-state index is 12.6. The number of rotatable bonds is 3. The molecule has 28 heavy (non-hydrogen) atoms. The standard InChI is InChI=1S/C20H19ClN4O2S/c1-12-3-9-15(10-4-12)28-20-22-17-16(18(26)23-19(27)24(17)2)25(20)11-13-5-7-14(21)8-6-13/h3-10,16-17H,11H2,1-2H3,(H,23,26,27). The lowest BCUT2D eigenvalue weighted by Crippen LogP contribution is -2.63. The first kappa shape index (κ1) is 18.8. The Balaban J connectivity index is 1.67. The van der Waals surface area contributed by atoms with E-state index >= 15 is 0 Å². The number of amides is 3. The Kier molecular flexibility index (Phi) is 5.03. The number of nitrogens with one attached hydrogen (secondary N) is 1. The summed E-state index contributed by atoms with van der Waals surface area (Å²) < 4.78 is 0. The summed E-state index contributed by atoms with van der Waals surface area (Å²) in [5.41, 5.74) is 2.18. The lowest BCUT2D eigenvalue weighted by Gasteiger charge is -2.36. The fourth-order valence-corrected chi connectivity index (χ4v) is 4.32. The summed E-state index contributed by atoms with van der Waals surface area (Å²) in [7, 11) is 1.66. The predicted molar refractivity (Wildman–Crippen MR) is 110 cm³/mol. The maximum Gasteiger partial charge on any atom is 0.325 e. The number of benzene rings is 2. The summed E-state index contributed by atoms with van der Waals surface area (Å²) in [5, 5.41) is 3.79. The molecule has 2 aliphatic rings. The minimum atomic E-state index is -0.564. The number of likely N-dealkylation sites (N-methyl/N-ethyl adjacent to an activating group) is 1. The third-order valence-electron chi connectivity index (χ3n) is 4.82. The molecular weight excluding hydrogens is 396 g/mol. The molecule has 4 rings (SSSR count). The van der Waals surface area contributed by atoms with E-state index in [-0.39, 0.29) is 5.91 Å². The van der Waals surface area contributed by atoms with E-state index in [1.165, 1.54) is 22.2 Å². The topological polar surface area (TPSA) is 65.0 Å². The molecule has 1 N–H and O–H groups in total. The predicted octanol–water partition coefficient (Wildman–Crippen LogP) is 3.49. The lowest BCUT2D eigenvalue weighted by atomic mass is 10.1. The molecule has 2 aliphatic heterocycles. The number of amidine groups is 1. The fourth-order valence-electron chi connectivity index (χ4n) is 3.25. The van der Waals surface area contributed by atoms with Gasteiger partial charge in [0, 0.05) is 23.5 Å². The Morgan fingerprint density at radius 1 is 1.11 bits per heavy atom. The molecule has 2 unspecified atom stereocenters. The Morgan fingerprint density at radius 2 is 1.79 bits per heavy atom. The number of imide groups is 1. The number of thioether (sulfide) groups is 1. The van der Waals surface area contributed by atoms with Crippen LogP contribution in [0.4, 0.5) is 4.79 Å². The van der Waals surface area contributed by atoms with Crippen molar-refractivity contribution in [3.05, 3.63) is 64.7 Å². The van der Waals surface area contributed by atoms with Gasteiger partial charge in [-0.1, -0.05) is 53.2 Å². The second kappa shape index (κ2) is 7.48. The van der Waals surface area contributed by atoms with Gasteiger partial charge in [-0.25, -0.2) is 9.79 Å². The third kappa shape index (κ3) is 3.59. The van der Waals surface area contributed by atoms with E-state index in [1.807, 2.05) is 60.4 Å². The molecule has 0 aliphatic carbocycles. The average molecular weight is 415 g/mol. The van der Waals surface area contributed by atoms with Crippen LogP contribution < -0.4 is 5.32 Å². The zero-order valence-electron chi connectivity index (χ0n) is 15.4. The van der Waals surface area contributed by atoms with Crippen molar-refractivity contribution in [2.24, 2.45) is 4.99 Å². The van der Waals surface area contributed by atoms with Crippen LogP contribution in [0.25, 0.3) is 0 Å². The number of hydrogen-bond acceptors (Lipinski definition) is 5. The molecule has 0 radical (unpaired) electrons. The van der Waals surface area contributed by atoms with Crippen LogP contribution in [0.1, 0.15) is 11.1 Å². The highest BCUT2D eigenvalue weighted by molar-refractivity contribution is 8.13. The molecule has 0 saturated carbocycles. The number of aryl methyl sites for hydroxylation is 1. The number of hydrogen-bond donors (Lipinski definition) is 1. The van der Waals surface area contributed by atoms with Crippen LogP contribution >= 0.6 is 23.4 Å². The van der Waals surface area contributed by atoms with Gasteiger partial charge in [0.15, 0.2) is 17.4 Å². The van der Waals surface area contributed by atoms with Crippen molar-refractivity contribution < 1.29 is 9.59 Å². The van der Waals surface area contributed by atoms with Crippen LogP contribution in [0.15, 0.2) is 58.4 Å². The zero-order chi connectivity index (χ0) is 19.8. The highest BCUT2D eigenvalue weighted by atomic mass is 35.5. The number of carbonyl (C=O) groups is 2. The fraction of sp³-hybridized carbons (Fsp3) is 0.250. The SMILES string of the molecule is Cc1ccc(SC2=NC3C(C(=O)NC(=O)N3C)N2Cc2ccc(Cl)cc2)cc1. The van der Waals surface area contributed by atoms with E-state index < -0.39 is 18.2 Å². The molecule has 8 heteroatoms. The summed E-state index contributed by atoms with van der Waals surface area (Å²) >= 11 is 7.49. The van der Waals surface area contributed by atoms with Crippen LogP contribution in [0.3, 0.4) is 0 Å². The number of fused-ring (bicyclic) bond motifs is 1. The largest absolute Gasteiger partial charge is 0.331 e. The minimum Gasteiger partial charge on any atom is -0.331 e. The Labute approximate surface area is 172 Å². The summed E-state index contributed by atoms with van der Waals surface area (Å²) in [6.45, 7) is 2.53. The molecule has 3 amide bonds. The van der Waals surface area contributed by atoms with Crippen LogP contribution in [-0.2, 0) is 11.3 Å². The maximum absolute atomic E-state index is 12.6. The number of aliphatic imine (C=N–C) groups is 1. The molecule has 6 nitrogen and oxygen atoms in total. The van der Waals surface area contributed by atoms with Gasteiger partial charge in [-0.3, -0.25) is 10.1 Å². The van der Waals surface area contributed by atoms with E-state index in [2.05, 4.69) is 5.32 Å². The molecule has 0 spiro atoms. The highest BCUT2D eigenvalue weighted by Gasteiger charge is 2.48. The number of urea groups is 1. The van der Waals surface area contributed by atoms with Gasteiger partial charge in [0.05, 0.1) is 0 Å². The van der Waals surface area contributed by atoms with Gasteiger partial charge in [0.25, 0.3) is 5.91 Å². The smallest absolute Gasteiger partial charge is 0.325 e. The summed E-state index contributed by atoms with van der Waals surface area (Å²) in [4.78, 5) is 33.8. The number of nitrogens with zero attached hydrogens (tertiary/aromatic N) is 3. The van der Waals surface area contributed by atoms with Gasteiger partial charge in [0.1, 0.15) is 0 Å². The summed E-state index contributed by atoms with van der Waals surface area (Å²) in [5.74, 6) is -0.328. The Morgan fingerprint density at radius 3 is 2.46 bits per heavy atom. The average Bonchev–Trinajstić information content (AvgIpc) is 3.02. The van der Waals surface area contributed by atoms with Crippen molar-refractivity contribution in [3.63, 3.8) is 0 Å². The molecule has 2 heterocycles. The van der Waals surface area contributed by atoms with E-state index in [4.69, 9.17) is 16.6 Å². The summed E-state index contributed by atoms with van der Waals surface area (Å²) in [6, 6.07) is 14.6. The Bertz CT molecular complexity index is 946. The first-order chi connectivity index (χ1) is 13.4. The lowest BCUT2D eigenvalue weighted by molar-refractivity contribution is -0.127. The van der Waals surface area contributed by atoms with E-state index in [1.54, 1.807) is 7.05 Å². The van der Waals surface area contributed by atoms with Gasteiger partial charge in [-0.2, -0.15) is 0 Å². The molecule has 0 bridgehead atoms. The zero-order valence-corrected chi connectivity index (χ0v) is 17.0. The van der Waals surface area contributed by atoms with Crippen molar-refractivity contribution in [1.29, 1.82) is 0 Å². The van der Waals surface area contributed by atoms with Gasteiger partial charge < -0.3 is 9.80 Å². The van der Waals surface area contributed by atoms with Crippen LogP contribution in [0.5, 0.6) is 0 Å². The van der Waals surface area contributed by atoms with Gasteiger partial charge >= 0.3 is 6.03 Å². The van der Waals surface area contributed by atoms with Crippen molar-refractivity contribution in [2.75, 3.05) is 7.05 Å². The monoisotopic (exact) mass is 414 g/mol. The van der Waals surface area contributed by atoms with E-state index in [0.717, 1.165) is 10.5 Å². The molecule has 0 aromatic heterocycles. The van der Waals surface area contributed by atoms with Gasteiger partial charge in [-0.15, -0.1) is 0 Å². The third-order valence-corrected chi connectivity index (χ3v) is 6.10. The van der Waals surface area contributed by atoms with Crippen LogP contribution in [0.2, 0.25) is 5.02 Å². The van der Waals surface area contributed by atoms with Crippen LogP contribution in [-0.4, -0.2) is 46.2 Å². The number of carbonyl (C=O) groups excluding carboxylic acids is 2. The van der Waals surface area contributed by atoms with Gasteiger partial charge in [-0.05, 0) is 36.8 Å². The molecule has 1 fully saturated rings. The minimum absolute atomic E-state index is 0.328. The van der Waals surface area contributed by atoms with E-state index in [0.29, 0.717) is 16.7 Å². The highest BCUT2D eigenvalue weighted by Crippen LogP contribution is 2.33. The number of halogens is 1. The quantitative estimate of drug-likeness (QED) is 0.834. The van der Waals surface area contributed by atoms with Crippen LogP contribution in [0, 0.1) is 6.92 Å². The molecule has 1 saturated heterocycles. The second-order valence-corrected chi connectivity index (χ2v) is 8.32. The normalized spacial score (nSPS) is 21.5. The molecule has 144 valence electrons. The first-order valence-electron chi connectivity index (χ1n) is 8.83. The van der Waals surface area contributed by atoms with E-state index in [9.17, 15) is 9.59 Å². The molecule has 2 atom stereocenters. The first-order valence-corrected chi connectivity index (χ1v) is 10.0. The molecule has 2 aromatic carbocycles. The molecular formula is C20H19ClN4O2S. The van der Waals surface area contributed by atoms with Gasteiger partial charge in [0.2, 0.25) is 0 Å². The molecule has 2 aromatic rings.